The molecular weight excluding hydrogens is 284 g/mol. The molecule has 0 spiro atoms. The van der Waals surface area contributed by atoms with Crippen LogP contribution in [0.2, 0.25) is 5.02 Å². The van der Waals surface area contributed by atoms with Crippen molar-refractivity contribution in [1.29, 1.82) is 0 Å². The van der Waals surface area contributed by atoms with E-state index >= 15 is 0 Å². The van der Waals surface area contributed by atoms with E-state index in [1.165, 1.54) is 36.5 Å². The van der Waals surface area contributed by atoms with Gasteiger partial charge in [0.05, 0.1) is 11.0 Å². The molecule has 0 aliphatic heterocycles. The lowest BCUT2D eigenvalue weighted by atomic mass is 10.2. The first-order valence-electron chi connectivity index (χ1n) is 5.47. The largest absolute Gasteiger partial charge is 0.507 e. The Hall–Kier alpha value is -2.60. The third-order valence-corrected chi connectivity index (χ3v) is 2.74. The first-order valence-corrected chi connectivity index (χ1v) is 5.85. The highest BCUT2D eigenvalue weighted by molar-refractivity contribution is 6.30. The van der Waals surface area contributed by atoms with Crippen LogP contribution in [-0.2, 0) is 0 Å². The summed E-state index contributed by atoms with van der Waals surface area (Å²) >= 11 is 5.79. The van der Waals surface area contributed by atoms with E-state index in [1.54, 1.807) is 0 Å². The number of halogens is 1. The monoisotopic (exact) mass is 292 g/mol. The number of benzene rings is 2. The molecule has 0 aliphatic rings. The van der Waals surface area contributed by atoms with Crippen LogP contribution in [0.3, 0.4) is 0 Å². The molecule has 20 heavy (non-hydrogen) atoms. The molecule has 0 saturated carbocycles. The first kappa shape index (κ1) is 13.8. The van der Waals surface area contributed by atoms with Crippen molar-refractivity contribution in [2.45, 2.75) is 0 Å². The van der Waals surface area contributed by atoms with E-state index in [4.69, 9.17) is 11.6 Å². The molecule has 0 heterocycles. The van der Waals surface area contributed by atoms with Gasteiger partial charge in [-0.15, -0.1) is 0 Å². The molecule has 0 unspecified atom stereocenters. The zero-order chi connectivity index (χ0) is 14.7. The zero-order valence-corrected chi connectivity index (χ0v) is 10.8. The second-order valence-corrected chi connectivity index (χ2v) is 4.33. The zero-order valence-electron chi connectivity index (χ0n) is 10.0. The van der Waals surface area contributed by atoms with Crippen LogP contribution in [0.1, 0.15) is 5.56 Å². The number of nitro groups is 1. The molecule has 0 radical (unpaired) electrons. The van der Waals surface area contributed by atoms with Gasteiger partial charge in [0.1, 0.15) is 17.2 Å². The van der Waals surface area contributed by atoms with Crippen LogP contribution in [0.25, 0.3) is 0 Å². The van der Waals surface area contributed by atoms with E-state index in [9.17, 15) is 20.3 Å². The molecule has 7 heteroatoms. The number of hydrogen-bond acceptors (Lipinski definition) is 5. The van der Waals surface area contributed by atoms with Crippen LogP contribution < -0.4 is 0 Å². The summed E-state index contributed by atoms with van der Waals surface area (Å²) in [5, 5.41) is 30.2. The number of non-ortho nitro benzene ring substituents is 1. The summed E-state index contributed by atoms with van der Waals surface area (Å²) in [7, 11) is 0. The lowest BCUT2D eigenvalue weighted by molar-refractivity contribution is -0.384. The van der Waals surface area contributed by atoms with Crippen molar-refractivity contribution in [2.24, 2.45) is 4.99 Å². The van der Waals surface area contributed by atoms with Gasteiger partial charge in [-0.2, -0.15) is 0 Å². The van der Waals surface area contributed by atoms with E-state index in [2.05, 4.69) is 4.99 Å². The molecule has 2 aromatic rings. The Morgan fingerprint density at radius 3 is 2.55 bits per heavy atom. The Balaban J connectivity index is 2.32. The van der Waals surface area contributed by atoms with E-state index < -0.39 is 4.92 Å². The van der Waals surface area contributed by atoms with Gasteiger partial charge in [0.2, 0.25) is 0 Å². The fourth-order valence-corrected chi connectivity index (χ4v) is 1.68. The molecule has 0 aromatic heterocycles. The summed E-state index contributed by atoms with van der Waals surface area (Å²) in [6.07, 6.45) is 1.31. The van der Waals surface area contributed by atoms with E-state index in [-0.39, 0.29) is 22.9 Å². The quantitative estimate of drug-likeness (QED) is 0.515. The molecule has 0 fully saturated rings. The number of phenolic OH excluding ortho intramolecular Hbond substituents is 2. The number of aromatic hydroxyl groups is 2. The number of aliphatic imine (C=N–C) groups is 1. The molecule has 0 atom stereocenters. The molecule has 0 amide bonds. The average molecular weight is 293 g/mol. The minimum absolute atomic E-state index is 0.0143. The van der Waals surface area contributed by atoms with Gasteiger partial charge in [0.25, 0.3) is 5.69 Å². The fourth-order valence-electron chi connectivity index (χ4n) is 1.50. The normalized spacial score (nSPS) is 10.8. The maximum atomic E-state index is 10.5. The number of nitro benzene ring substituents is 1. The van der Waals surface area contributed by atoms with Crippen LogP contribution >= 0.6 is 11.6 Å². The minimum Gasteiger partial charge on any atom is -0.507 e. The number of phenols is 2. The molecule has 2 N–H and O–H groups in total. The first-order chi connectivity index (χ1) is 9.47. The van der Waals surface area contributed by atoms with Crippen LogP contribution in [0.5, 0.6) is 11.5 Å². The lowest BCUT2D eigenvalue weighted by Gasteiger charge is -2.01. The molecule has 2 aromatic carbocycles. The van der Waals surface area contributed by atoms with Crippen molar-refractivity contribution < 1.29 is 15.1 Å². The Kier molecular flexibility index (Phi) is 3.86. The highest BCUT2D eigenvalue weighted by atomic mass is 35.5. The van der Waals surface area contributed by atoms with E-state index in [0.29, 0.717) is 10.6 Å². The fraction of sp³-hybridized carbons (Fsp3) is 0. The topological polar surface area (TPSA) is 96.0 Å². The number of rotatable bonds is 3. The van der Waals surface area contributed by atoms with Crippen molar-refractivity contribution in [2.75, 3.05) is 0 Å². The molecule has 0 aliphatic carbocycles. The second-order valence-electron chi connectivity index (χ2n) is 3.89. The summed E-state index contributed by atoms with van der Waals surface area (Å²) in [5.41, 5.74) is 0.289. The Labute approximate surface area is 118 Å². The van der Waals surface area contributed by atoms with Gasteiger partial charge >= 0.3 is 0 Å². The van der Waals surface area contributed by atoms with Crippen LogP contribution in [0.4, 0.5) is 11.4 Å². The van der Waals surface area contributed by atoms with Gasteiger partial charge in [0.15, 0.2) is 0 Å². The number of nitrogens with zero attached hydrogens (tertiary/aromatic N) is 2. The highest BCUT2D eigenvalue weighted by Gasteiger charge is 2.09. The molecule has 2 rings (SSSR count). The maximum Gasteiger partial charge on any atom is 0.273 e. The maximum absolute atomic E-state index is 10.5. The van der Waals surface area contributed by atoms with Gasteiger partial charge in [-0.05, 0) is 24.3 Å². The molecule has 6 nitrogen and oxygen atoms in total. The van der Waals surface area contributed by atoms with Crippen molar-refractivity contribution in [3.8, 4) is 11.5 Å². The second kappa shape index (κ2) is 5.58. The Morgan fingerprint density at radius 1 is 1.15 bits per heavy atom. The van der Waals surface area contributed by atoms with Crippen molar-refractivity contribution >= 4 is 29.2 Å². The summed E-state index contributed by atoms with van der Waals surface area (Å²) < 4.78 is 0. The van der Waals surface area contributed by atoms with E-state index in [0.717, 1.165) is 6.07 Å². The van der Waals surface area contributed by atoms with Crippen LogP contribution in [0, 0.1) is 10.1 Å². The standard InChI is InChI=1S/C13H9ClN2O4/c14-9-1-4-12(17)8(5-9)7-15-11-3-2-10(16(19)20)6-13(11)18/h1-7,17-18H. The predicted molar refractivity (Wildman–Crippen MR) is 75.1 cm³/mol. The summed E-state index contributed by atoms with van der Waals surface area (Å²) in [4.78, 5) is 13.9. The van der Waals surface area contributed by atoms with Gasteiger partial charge < -0.3 is 10.2 Å². The van der Waals surface area contributed by atoms with Crippen molar-refractivity contribution in [1.82, 2.24) is 0 Å². The van der Waals surface area contributed by atoms with Crippen molar-refractivity contribution in [3.63, 3.8) is 0 Å². The molecular formula is C13H9ClN2O4. The Bertz CT molecular complexity index is 701. The van der Waals surface area contributed by atoms with Crippen LogP contribution in [-0.4, -0.2) is 21.4 Å². The third-order valence-electron chi connectivity index (χ3n) is 2.50. The van der Waals surface area contributed by atoms with Crippen LogP contribution in [0.15, 0.2) is 41.4 Å². The summed E-state index contributed by atoms with van der Waals surface area (Å²) in [6, 6.07) is 7.99. The lowest BCUT2D eigenvalue weighted by Crippen LogP contribution is -1.87. The highest BCUT2D eigenvalue weighted by Crippen LogP contribution is 2.30. The Morgan fingerprint density at radius 2 is 1.90 bits per heavy atom. The predicted octanol–water partition coefficient (Wildman–Crippen LogP) is 3.41. The van der Waals surface area contributed by atoms with Gasteiger partial charge in [0, 0.05) is 22.9 Å². The minimum atomic E-state index is -0.615. The average Bonchev–Trinajstić information content (AvgIpc) is 2.40. The summed E-state index contributed by atoms with van der Waals surface area (Å²) in [6.45, 7) is 0. The third kappa shape index (κ3) is 3.04. The molecule has 102 valence electrons. The van der Waals surface area contributed by atoms with E-state index in [1.807, 2.05) is 0 Å². The van der Waals surface area contributed by atoms with Crippen molar-refractivity contribution in [3.05, 3.63) is 57.1 Å². The summed E-state index contributed by atoms with van der Waals surface area (Å²) in [5.74, 6) is -0.337. The number of hydrogen-bond donors (Lipinski definition) is 2. The molecule has 0 bridgehead atoms. The SMILES string of the molecule is O=[N+]([O-])c1ccc(N=Cc2cc(Cl)ccc2O)c(O)c1. The molecule has 0 saturated heterocycles. The van der Waals surface area contributed by atoms with Gasteiger partial charge in [-0.1, -0.05) is 11.6 Å². The van der Waals surface area contributed by atoms with Gasteiger partial charge in [-0.25, -0.2) is 0 Å². The smallest absolute Gasteiger partial charge is 0.273 e. The van der Waals surface area contributed by atoms with Gasteiger partial charge in [-0.3, -0.25) is 15.1 Å².